The van der Waals surface area contributed by atoms with Gasteiger partial charge in [-0.3, -0.25) is 0 Å². The summed E-state index contributed by atoms with van der Waals surface area (Å²) in [5.74, 6) is -1.19. The van der Waals surface area contributed by atoms with Crippen LogP contribution in [-0.4, -0.2) is 42.9 Å². The molecule has 0 bridgehead atoms. The first kappa shape index (κ1) is 15.8. The first-order valence-electron chi connectivity index (χ1n) is 6.34. The SMILES string of the molecule is CN(C)C1(COC(C)(C)C)CCC(C(F)(F)F)C1. The van der Waals surface area contributed by atoms with Gasteiger partial charge in [-0.15, -0.1) is 0 Å². The minimum Gasteiger partial charge on any atom is -0.374 e. The second-order valence-corrected chi connectivity index (χ2v) is 6.50. The zero-order valence-corrected chi connectivity index (χ0v) is 11.9. The fraction of sp³-hybridized carbons (Fsp3) is 1.00. The van der Waals surface area contributed by atoms with E-state index >= 15 is 0 Å². The van der Waals surface area contributed by atoms with E-state index in [-0.39, 0.29) is 18.4 Å². The van der Waals surface area contributed by atoms with Crippen molar-refractivity contribution in [2.24, 2.45) is 5.92 Å². The van der Waals surface area contributed by atoms with E-state index in [9.17, 15) is 13.2 Å². The van der Waals surface area contributed by atoms with Crippen LogP contribution in [0.4, 0.5) is 13.2 Å². The molecule has 18 heavy (non-hydrogen) atoms. The van der Waals surface area contributed by atoms with Gasteiger partial charge in [0.25, 0.3) is 0 Å². The lowest BCUT2D eigenvalue weighted by atomic mass is 9.95. The van der Waals surface area contributed by atoms with Crippen LogP contribution in [0.1, 0.15) is 40.0 Å². The number of halogens is 3. The van der Waals surface area contributed by atoms with Crippen molar-refractivity contribution in [2.45, 2.75) is 57.3 Å². The minimum atomic E-state index is -4.08. The molecule has 0 aliphatic heterocycles. The summed E-state index contributed by atoms with van der Waals surface area (Å²) in [6, 6.07) is 0. The third kappa shape index (κ3) is 3.85. The Kier molecular flexibility index (Phi) is 4.38. The van der Waals surface area contributed by atoms with Gasteiger partial charge in [-0.2, -0.15) is 13.2 Å². The Balaban J connectivity index is 2.73. The zero-order chi connectivity index (χ0) is 14.2. The molecule has 0 saturated heterocycles. The highest BCUT2D eigenvalue weighted by atomic mass is 19.4. The van der Waals surface area contributed by atoms with Crippen molar-refractivity contribution < 1.29 is 17.9 Å². The molecular weight excluding hydrogens is 243 g/mol. The van der Waals surface area contributed by atoms with Crippen molar-refractivity contribution in [1.29, 1.82) is 0 Å². The second kappa shape index (κ2) is 5.00. The van der Waals surface area contributed by atoms with Crippen LogP contribution in [0.2, 0.25) is 0 Å². The molecule has 1 saturated carbocycles. The van der Waals surface area contributed by atoms with Gasteiger partial charge in [0.15, 0.2) is 0 Å². The van der Waals surface area contributed by atoms with E-state index in [0.717, 1.165) is 0 Å². The number of hydrogen-bond acceptors (Lipinski definition) is 2. The molecule has 2 nitrogen and oxygen atoms in total. The van der Waals surface area contributed by atoms with Crippen LogP contribution < -0.4 is 0 Å². The van der Waals surface area contributed by atoms with E-state index in [1.54, 1.807) is 0 Å². The fourth-order valence-electron chi connectivity index (χ4n) is 2.40. The number of rotatable bonds is 3. The maximum Gasteiger partial charge on any atom is 0.391 e. The molecule has 0 spiro atoms. The summed E-state index contributed by atoms with van der Waals surface area (Å²) >= 11 is 0. The van der Waals surface area contributed by atoms with E-state index in [4.69, 9.17) is 4.74 Å². The minimum absolute atomic E-state index is 0.138. The molecule has 0 radical (unpaired) electrons. The zero-order valence-electron chi connectivity index (χ0n) is 11.9. The molecule has 2 atom stereocenters. The van der Waals surface area contributed by atoms with Gasteiger partial charge >= 0.3 is 6.18 Å². The van der Waals surface area contributed by atoms with Gasteiger partial charge in [-0.25, -0.2) is 0 Å². The lowest BCUT2D eigenvalue weighted by Crippen LogP contribution is -2.48. The smallest absolute Gasteiger partial charge is 0.374 e. The van der Waals surface area contributed by atoms with Crippen molar-refractivity contribution in [1.82, 2.24) is 4.90 Å². The molecule has 1 fully saturated rings. The number of ether oxygens (including phenoxy) is 1. The van der Waals surface area contributed by atoms with Crippen LogP contribution in [0, 0.1) is 5.92 Å². The molecule has 0 aromatic heterocycles. The Morgan fingerprint density at radius 2 is 1.78 bits per heavy atom. The normalized spacial score (nSPS) is 30.2. The summed E-state index contributed by atoms with van der Waals surface area (Å²) < 4.78 is 44.1. The summed E-state index contributed by atoms with van der Waals surface area (Å²) in [5, 5.41) is 0. The molecule has 0 aromatic rings. The topological polar surface area (TPSA) is 12.5 Å². The highest BCUT2D eigenvalue weighted by Crippen LogP contribution is 2.46. The van der Waals surface area contributed by atoms with Crippen LogP contribution in [-0.2, 0) is 4.74 Å². The Labute approximate surface area is 107 Å². The van der Waals surface area contributed by atoms with Gasteiger partial charge < -0.3 is 9.64 Å². The Hall–Kier alpha value is -0.290. The van der Waals surface area contributed by atoms with Crippen molar-refractivity contribution in [3.63, 3.8) is 0 Å². The molecule has 0 heterocycles. The quantitative estimate of drug-likeness (QED) is 0.776. The highest BCUT2D eigenvalue weighted by molar-refractivity contribution is 4.98. The third-order valence-corrected chi connectivity index (χ3v) is 3.77. The van der Waals surface area contributed by atoms with E-state index in [1.807, 2.05) is 39.8 Å². The van der Waals surface area contributed by atoms with Gasteiger partial charge in [0.05, 0.1) is 18.1 Å². The average molecular weight is 267 g/mol. The van der Waals surface area contributed by atoms with Gasteiger partial charge in [0.1, 0.15) is 0 Å². The standard InChI is InChI=1S/C13H24F3NO/c1-11(2,3)18-9-12(17(4)5)7-6-10(8-12)13(14,15)16/h10H,6-9H2,1-5H3. The van der Waals surface area contributed by atoms with E-state index in [1.165, 1.54) is 0 Å². The van der Waals surface area contributed by atoms with Crippen molar-refractivity contribution >= 4 is 0 Å². The summed E-state index contributed by atoms with van der Waals surface area (Å²) in [6.07, 6.45) is -3.20. The number of likely N-dealkylation sites (N-methyl/N-ethyl adjacent to an activating group) is 1. The van der Waals surface area contributed by atoms with Crippen LogP contribution in [0.15, 0.2) is 0 Å². The lowest BCUT2D eigenvalue weighted by molar-refractivity contribution is -0.176. The molecule has 0 N–H and O–H groups in total. The number of hydrogen-bond donors (Lipinski definition) is 0. The molecule has 2 unspecified atom stereocenters. The van der Waals surface area contributed by atoms with Crippen LogP contribution >= 0.6 is 0 Å². The summed E-state index contributed by atoms with van der Waals surface area (Å²) in [5.41, 5.74) is -0.799. The molecule has 0 amide bonds. The Bertz CT molecular complexity index is 283. The Morgan fingerprint density at radius 1 is 1.22 bits per heavy atom. The highest BCUT2D eigenvalue weighted by Gasteiger charge is 2.51. The van der Waals surface area contributed by atoms with Crippen molar-refractivity contribution in [2.75, 3.05) is 20.7 Å². The molecule has 1 aliphatic rings. The number of nitrogens with zero attached hydrogens (tertiary/aromatic N) is 1. The van der Waals surface area contributed by atoms with E-state index < -0.39 is 17.6 Å². The summed E-state index contributed by atoms with van der Waals surface area (Å²) in [7, 11) is 3.68. The summed E-state index contributed by atoms with van der Waals surface area (Å²) in [6.45, 7) is 6.13. The predicted molar refractivity (Wildman–Crippen MR) is 65.5 cm³/mol. The number of alkyl halides is 3. The van der Waals surface area contributed by atoms with Gasteiger partial charge in [0, 0.05) is 5.54 Å². The molecular formula is C13H24F3NO. The maximum absolute atomic E-state index is 12.8. The maximum atomic E-state index is 12.8. The first-order chi connectivity index (χ1) is 7.96. The fourth-order valence-corrected chi connectivity index (χ4v) is 2.40. The molecule has 1 rings (SSSR count). The molecule has 108 valence electrons. The lowest BCUT2D eigenvalue weighted by Gasteiger charge is -2.38. The van der Waals surface area contributed by atoms with E-state index in [2.05, 4.69) is 0 Å². The third-order valence-electron chi connectivity index (χ3n) is 3.77. The van der Waals surface area contributed by atoms with Crippen LogP contribution in [0.25, 0.3) is 0 Å². The first-order valence-corrected chi connectivity index (χ1v) is 6.34. The largest absolute Gasteiger partial charge is 0.391 e. The van der Waals surface area contributed by atoms with Gasteiger partial charge in [-0.05, 0) is 54.1 Å². The van der Waals surface area contributed by atoms with Crippen molar-refractivity contribution in [3.05, 3.63) is 0 Å². The molecule has 0 aromatic carbocycles. The average Bonchev–Trinajstić information content (AvgIpc) is 2.58. The summed E-state index contributed by atoms with van der Waals surface area (Å²) in [4.78, 5) is 1.89. The van der Waals surface area contributed by atoms with Crippen molar-refractivity contribution in [3.8, 4) is 0 Å². The molecule has 5 heteroatoms. The Morgan fingerprint density at radius 3 is 2.11 bits per heavy atom. The van der Waals surface area contributed by atoms with Crippen LogP contribution in [0.5, 0.6) is 0 Å². The second-order valence-electron chi connectivity index (χ2n) is 6.50. The van der Waals surface area contributed by atoms with Gasteiger partial charge in [0.2, 0.25) is 0 Å². The monoisotopic (exact) mass is 267 g/mol. The van der Waals surface area contributed by atoms with E-state index in [0.29, 0.717) is 13.0 Å². The predicted octanol–water partition coefficient (Wildman–Crippen LogP) is 3.46. The van der Waals surface area contributed by atoms with Crippen LogP contribution in [0.3, 0.4) is 0 Å². The molecule has 1 aliphatic carbocycles. The van der Waals surface area contributed by atoms with Gasteiger partial charge in [-0.1, -0.05) is 0 Å².